The zero-order valence-electron chi connectivity index (χ0n) is 11.9. The number of benzene rings is 1. The second-order valence-corrected chi connectivity index (χ2v) is 5.85. The monoisotopic (exact) mass is 306 g/mol. The molecule has 0 aliphatic rings. The van der Waals surface area contributed by atoms with Gasteiger partial charge in [-0.05, 0) is 37.2 Å². The van der Waals surface area contributed by atoms with E-state index in [1.54, 1.807) is 0 Å². The van der Waals surface area contributed by atoms with E-state index in [1.165, 1.54) is 0 Å². The Kier molecular flexibility index (Phi) is 8.42. The summed E-state index contributed by atoms with van der Waals surface area (Å²) in [4.78, 5) is 2.23. The molecule has 0 amide bonds. The van der Waals surface area contributed by atoms with Gasteiger partial charge in [0.05, 0.1) is 0 Å². The van der Waals surface area contributed by atoms with Crippen LogP contribution in [0.3, 0.4) is 0 Å². The fourth-order valence-corrected chi connectivity index (χ4v) is 1.93. The molecule has 1 aromatic carbocycles. The molecular weight excluding hydrogens is 283 g/mol. The highest BCUT2D eigenvalue weighted by molar-refractivity contribution is 6.30. The largest absolute Gasteiger partial charge is 0.492 e. The smallest absolute Gasteiger partial charge is 0.120 e. The van der Waals surface area contributed by atoms with Crippen LogP contribution in [0.25, 0.3) is 0 Å². The molecule has 0 unspecified atom stereocenters. The maximum absolute atomic E-state index is 5.89. The first-order chi connectivity index (χ1) is 8.43. The molecule has 19 heavy (non-hydrogen) atoms. The molecule has 0 heterocycles. The SMILES string of the molecule is CN(CCOc1cccc(Cl)c1)CC(C)(C)CN.Cl. The number of halogens is 2. The molecule has 5 heteroatoms. The van der Waals surface area contributed by atoms with Gasteiger partial charge in [-0.25, -0.2) is 0 Å². The summed E-state index contributed by atoms with van der Waals surface area (Å²) in [5.74, 6) is 0.814. The van der Waals surface area contributed by atoms with E-state index in [0.29, 0.717) is 18.2 Å². The van der Waals surface area contributed by atoms with Crippen molar-refractivity contribution in [2.24, 2.45) is 11.1 Å². The van der Waals surface area contributed by atoms with Crippen LogP contribution in [0.2, 0.25) is 5.02 Å². The van der Waals surface area contributed by atoms with Gasteiger partial charge in [-0.15, -0.1) is 12.4 Å². The van der Waals surface area contributed by atoms with Crippen molar-refractivity contribution in [2.45, 2.75) is 13.8 Å². The molecule has 0 atom stereocenters. The lowest BCUT2D eigenvalue weighted by Gasteiger charge is -2.28. The van der Waals surface area contributed by atoms with E-state index in [1.807, 2.05) is 24.3 Å². The number of hydrogen-bond donors (Lipinski definition) is 1. The van der Waals surface area contributed by atoms with Crippen molar-refractivity contribution in [1.29, 1.82) is 0 Å². The van der Waals surface area contributed by atoms with Gasteiger partial charge in [0.2, 0.25) is 0 Å². The summed E-state index contributed by atoms with van der Waals surface area (Å²) in [5.41, 5.74) is 5.86. The fraction of sp³-hybridized carbons (Fsp3) is 0.571. The van der Waals surface area contributed by atoms with Gasteiger partial charge in [-0.1, -0.05) is 31.5 Å². The first-order valence-electron chi connectivity index (χ1n) is 6.20. The molecule has 0 aliphatic carbocycles. The van der Waals surface area contributed by atoms with Crippen molar-refractivity contribution < 1.29 is 4.74 Å². The van der Waals surface area contributed by atoms with E-state index >= 15 is 0 Å². The summed E-state index contributed by atoms with van der Waals surface area (Å²) in [5, 5.41) is 0.699. The second-order valence-electron chi connectivity index (χ2n) is 5.41. The van der Waals surface area contributed by atoms with Gasteiger partial charge in [0.1, 0.15) is 12.4 Å². The van der Waals surface area contributed by atoms with Crippen LogP contribution in [-0.4, -0.2) is 38.2 Å². The molecule has 3 nitrogen and oxygen atoms in total. The van der Waals surface area contributed by atoms with Crippen LogP contribution >= 0.6 is 24.0 Å². The van der Waals surface area contributed by atoms with E-state index < -0.39 is 0 Å². The summed E-state index contributed by atoms with van der Waals surface area (Å²) < 4.78 is 5.65. The van der Waals surface area contributed by atoms with Crippen molar-refractivity contribution in [3.8, 4) is 5.75 Å². The Morgan fingerprint density at radius 3 is 2.63 bits per heavy atom. The summed E-state index contributed by atoms with van der Waals surface area (Å²) >= 11 is 5.89. The normalized spacial score (nSPS) is 11.3. The molecule has 0 saturated heterocycles. The van der Waals surface area contributed by atoms with Gasteiger partial charge >= 0.3 is 0 Å². The van der Waals surface area contributed by atoms with Gasteiger partial charge in [0.15, 0.2) is 0 Å². The second kappa shape index (κ2) is 8.64. The average Bonchev–Trinajstić information content (AvgIpc) is 2.28. The standard InChI is InChI=1S/C14H23ClN2O.ClH/c1-14(2,10-16)11-17(3)7-8-18-13-6-4-5-12(15)9-13;/h4-6,9H,7-8,10-11,16H2,1-3H3;1H. The van der Waals surface area contributed by atoms with Gasteiger partial charge < -0.3 is 15.4 Å². The third kappa shape index (κ3) is 7.63. The van der Waals surface area contributed by atoms with Crippen LogP contribution in [0, 0.1) is 5.41 Å². The third-order valence-electron chi connectivity index (χ3n) is 2.79. The predicted octanol–water partition coefficient (Wildman–Crippen LogP) is 3.06. The maximum atomic E-state index is 5.89. The third-order valence-corrected chi connectivity index (χ3v) is 3.02. The van der Waals surface area contributed by atoms with Crippen molar-refractivity contribution >= 4 is 24.0 Å². The van der Waals surface area contributed by atoms with Crippen LogP contribution < -0.4 is 10.5 Å². The summed E-state index contributed by atoms with van der Waals surface area (Å²) in [6, 6.07) is 7.46. The molecule has 1 rings (SSSR count). The number of likely N-dealkylation sites (N-methyl/N-ethyl adjacent to an activating group) is 1. The van der Waals surface area contributed by atoms with E-state index in [2.05, 4.69) is 25.8 Å². The maximum Gasteiger partial charge on any atom is 0.120 e. The van der Waals surface area contributed by atoms with Gasteiger partial charge in [0, 0.05) is 18.1 Å². The highest BCUT2D eigenvalue weighted by Gasteiger charge is 2.17. The zero-order valence-corrected chi connectivity index (χ0v) is 13.4. The summed E-state index contributed by atoms with van der Waals surface area (Å²) in [6.45, 7) is 7.50. The molecule has 0 radical (unpaired) electrons. The molecule has 110 valence electrons. The number of nitrogens with two attached hydrogens (primary N) is 1. The van der Waals surface area contributed by atoms with Crippen LogP contribution in [0.1, 0.15) is 13.8 Å². The quantitative estimate of drug-likeness (QED) is 0.841. The highest BCUT2D eigenvalue weighted by atomic mass is 35.5. The van der Waals surface area contributed by atoms with Gasteiger partial charge in [-0.3, -0.25) is 0 Å². The minimum atomic E-state index is 0. The minimum absolute atomic E-state index is 0. The number of ether oxygens (including phenoxy) is 1. The van der Waals surface area contributed by atoms with E-state index in [9.17, 15) is 0 Å². The molecule has 0 spiro atoms. The highest BCUT2D eigenvalue weighted by Crippen LogP contribution is 2.17. The summed E-state index contributed by atoms with van der Waals surface area (Å²) in [7, 11) is 2.08. The Hall–Kier alpha value is -0.480. The van der Waals surface area contributed by atoms with Gasteiger partial charge in [0.25, 0.3) is 0 Å². The Morgan fingerprint density at radius 2 is 2.05 bits per heavy atom. The lowest BCUT2D eigenvalue weighted by atomic mass is 9.93. The number of nitrogens with zero attached hydrogens (tertiary/aromatic N) is 1. The van der Waals surface area contributed by atoms with Crippen molar-refractivity contribution in [3.05, 3.63) is 29.3 Å². The number of rotatable bonds is 7. The molecule has 0 aromatic heterocycles. The van der Waals surface area contributed by atoms with Crippen molar-refractivity contribution in [2.75, 3.05) is 33.3 Å². The Morgan fingerprint density at radius 1 is 1.37 bits per heavy atom. The molecule has 2 N–H and O–H groups in total. The van der Waals surface area contributed by atoms with Crippen molar-refractivity contribution in [1.82, 2.24) is 4.90 Å². The Bertz CT molecular complexity index is 372. The van der Waals surface area contributed by atoms with E-state index in [0.717, 1.165) is 18.8 Å². The number of hydrogen-bond acceptors (Lipinski definition) is 3. The van der Waals surface area contributed by atoms with Crippen molar-refractivity contribution in [3.63, 3.8) is 0 Å². The Labute approximate surface area is 127 Å². The zero-order chi connectivity index (χ0) is 13.6. The predicted molar refractivity (Wildman–Crippen MR) is 84.5 cm³/mol. The molecule has 0 aliphatic heterocycles. The first-order valence-corrected chi connectivity index (χ1v) is 6.58. The molecule has 0 fully saturated rings. The Balaban J connectivity index is 0.00000324. The topological polar surface area (TPSA) is 38.5 Å². The minimum Gasteiger partial charge on any atom is -0.492 e. The van der Waals surface area contributed by atoms with Crippen LogP contribution in [0.5, 0.6) is 5.75 Å². The summed E-state index contributed by atoms with van der Waals surface area (Å²) in [6.07, 6.45) is 0. The van der Waals surface area contributed by atoms with Gasteiger partial charge in [-0.2, -0.15) is 0 Å². The lowest BCUT2D eigenvalue weighted by molar-refractivity contribution is 0.181. The van der Waals surface area contributed by atoms with E-state index in [-0.39, 0.29) is 17.8 Å². The molecule has 0 saturated carbocycles. The van der Waals surface area contributed by atoms with Crippen LogP contribution in [0.4, 0.5) is 0 Å². The van der Waals surface area contributed by atoms with E-state index in [4.69, 9.17) is 22.1 Å². The molecule has 0 bridgehead atoms. The van der Waals surface area contributed by atoms with Crippen LogP contribution in [-0.2, 0) is 0 Å². The lowest BCUT2D eigenvalue weighted by Crippen LogP contribution is -2.38. The fourth-order valence-electron chi connectivity index (χ4n) is 1.75. The molecular formula is C14H24Cl2N2O. The average molecular weight is 307 g/mol. The first kappa shape index (κ1) is 18.5. The van der Waals surface area contributed by atoms with Crippen LogP contribution in [0.15, 0.2) is 24.3 Å². The molecule has 1 aromatic rings.